The highest BCUT2D eigenvalue weighted by molar-refractivity contribution is 5.82. The number of hydrogen-bond donors (Lipinski definition) is 0. The van der Waals surface area contributed by atoms with E-state index in [9.17, 15) is 4.79 Å². The maximum atomic E-state index is 11.8. The van der Waals surface area contributed by atoms with Crippen molar-refractivity contribution in [2.24, 2.45) is 5.92 Å². The molecular formula is C13H24O2. The van der Waals surface area contributed by atoms with E-state index >= 15 is 0 Å². The van der Waals surface area contributed by atoms with Gasteiger partial charge in [0.1, 0.15) is 6.61 Å². The van der Waals surface area contributed by atoms with E-state index in [1.807, 2.05) is 13.8 Å². The molecule has 1 saturated carbocycles. The molecule has 1 aliphatic carbocycles. The third-order valence-electron chi connectivity index (χ3n) is 3.52. The van der Waals surface area contributed by atoms with Crippen molar-refractivity contribution in [3.63, 3.8) is 0 Å². The zero-order chi connectivity index (χ0) is 11.3. The number of Topliss-reactive ketones (excluding diaryl/α,β-unsaturated/α-hetero) is 1. The molecule has 0 aromatic carbocycles. The van der Waals surface area contributed by atoms with E-state index in [4.69, 9.17) is 4.74 Å². The molecule has 1 aliphatic rings. The van der Waals surface area contributed by atoms with Crippen LogP contribution in [0.1, 0.15) is 59.3 Å². The van der Waals surface area contributed by atoms with E-state index in [1.54, 1.807) is 0 Å². The van der Waals surface area contributed by atoms with Gasteiger partial charge in [0.05, 0.1) is 5.60 Å². The summed E-state index contributed by atoms with van der Waals surface area (Å²) in [4.78, 5) is 11.8. The van der Waals surface area contributed by atoms with Crippen LogP contribution in [0.25, 0.3) is 0 Å². The van der Waals surface area contributed by atoms with Gasteiger partial charge in [-0.3, -0.25) is 4.79 Å². The molecule has 0 bridgehead atoms. The Balaban J connectivity index is 2.28. The molecule has 2 heteroatoms. The number of carbonyl (C=O) groups excluding carboxylic acids is 1. The van der Waals surface area contributed by atoms with Gasteiger partial charge in [0.25, 0.3) is 0 Å². The first kappa shape index (κ1) is 12.7. The summed E-state index contributed by atoms with van der Waals surface area (Å²) in [5, 5.41) is 0. The van der Waals surface area contributed by atoms with Crippen LogP contribution in [-0.4, -0.2) is 18.0 Å². The lowest BCUT2D eigenvalue weighted by atomic mass is 9.86. The average Bonchev–Trinajstić information content (AvgIpc) is 2.27. The van der Waals surface area contributed by atoms with Crippen molar-refractivity contribution in [1.29, 1.82) is 0 Å². The second kappa shape index (κ2) is 5.64. The van der Waals surface area contributed by atoms with Crippen LogP contribution in [-0.2, 0) is 9.53 Å². The van der Waals surface area contributed by atoms with Crippen molar-refractivity contribution in [3.8, 4) is 0 Å². The Morgan fingerprint density at radius 1 is 1.27 bits per heavy atom. The molecule has 1 rings (SSSR count). The number of rotatable bonds is 5. The lowest BCUT2D eigenvalue weighted by Crippen LogP contribution is -2.30. The highest BCUT2D eigenvalue weighted by Gasteiger charge is 2.23. The predicted molar refractivity (Wildman–Crippen MR) is 61.9 cm³/mol. The second-order valence-corrected chi connectivity index (χ2v) is 5.20. The first-order chi connectivity index (χ1) is 7.05. The molecule has 2 nitrogen and oxygen atoms in total. The molecule has 0 amide bonds. The zero-order valence-electron chi connectivity index (χ0n) is 10.3. The minimum absolute atomic E-state index is 0.148. The van der Waals surface area contributed by atoms with Crippen LogP contribution in [0.5, 0.6) is 0 Å². The number of carbonyl (C=O) groups is 1. The van der Waals surface area contributed by atoms with Crippen LogP contribution in [0, 0.1) is 5.92 Å². The highest BCUT2D eigenvalue weighted by atomic mass is 16.5. The van der Waals surface area contributed by atoms with E-state index < -0.39 is 0 Å². The summed E-state index contributed by atoms with van der Waals surface area (Å²) < 4.78 is 5.64. The highest BCUT2D eigenvalue weighted by Crippen LogP contribution is 2.25. The fraction of sp³-hybridized carbons (Fsp3) is 0.923. The Kier molecular flexibility index (Phi) is 4.78. The quantitative estimate of drug-likeness (QED) is 0.698. The van der Waals surface area contributed by atoms with E-state index in [-0.39, 0.29) is 11.5 Å². The van der Waals surface area contributed by atoms with Gasteiger partial charge in [-0.15, -0.1) is 0 Å². The van der Waals surface area contributed by atoms with Crippen LogP contribution >= 0.6 is 0 Å². The topological polar surface area (TPSA) is 26.3 Å². The third-order valence-corrected chi connectivity index (χ3v) is 3.52. The van der Waals surface area contributed by atoms with Crippen molar-refractivity contribution in [2.45, 2.75) is 64.9 Å². The smallest absolute Gasteiger partial charge is 0.161 e. The fourth-order valence-electron chi connectivity index (χ4n) is 1.91. The van der Waals surface area contributed by atoms with Crippen LogP contribution in [0.4, 0.5) is 0 Å². The summed E-state index contributed by atoms with van der Waals surface area (Å²) in [6.07, 6.45) is 6.83. The minimum atomic E-state index is -0.148. The maximum Gasteiger partial charge on any atom is 0.161 e. The first-order valence-electron chi connectivity index (χ1n) is 6.22. The standard InChI is InChI=1S/C13H24O2/c1-4-13(2,3)15-10-12(14)11-8-6-5-7-9-11/h11H,4-10H2,1-3H3. The largest absolute Gasteiger partial charge is 0.368 e. The fourth-order valence-corrected chi connectivity index (χ4v) is 1.91. The minimum Gasteiger partial charge on any atom is -0.368 e. The molecule has 0 unspecified atom stereocenters. The maximum absolute atomic E-state index is 11.8. The van der Waals surface area contributed by atoms with Crippen LogP contribution in [0.15, 0.2) is 0 Å². The Morgan fingerprint density at radius 3 is 2.40 bits per heavy atom. The van der Waals surface area contributed by atoms with Crippen molar-refractivity contribution < 1.29 is 9.53 Å². The molecule has 15 heavy (non-hydrogen) atoms. The summed E-state index contributed by atoms with van der Waals surface area (Å²) in [5.41, 5.74) is -0.148. The molecule has 0 aliphatic heterocycles. The SMILES string of the molecule is CCC(C)(C)OCC(=O)C1CCCCC1. The molecule has 0 aromatic rings. The number of ether oxygens (including phenoxy) is 1. The van der Waals surface area contributed by atoms with Crippen LogP contribution in [0.2, 0.25) is 0 Å². The Bertz CT molecular complexity index is 203. The lowest BCUT2D eigenvalue weighted by molar-refractivity contribution is -0.134. The zero-order valence-corrected chi connectivity index (χ0v) is 10.3. The molecular weight excluding hydrogens is 188 g/mol. The van der Waals surface area contributed by atoms with E-state index in [0.29, 0.717) is 12.4 Å². The monoisotopic (exact) mass is 212 g/mol. The van der Waals surface area contributed by atoms with Crippen molar-refractivity contribution in [3.05, 3.63) is 0 Å². The van der Waals surface area contributed by atoms with Gasteiger partial charge in [0.2, 0.25) is 0 Å². The molecule has 0 N–H and O–H groups in total. The number of hydrogen-bond acceptors (Lipinski definition) is 2. The molecule has 0 atom stereocenters. The Hall–Kier alpha value is -0.370. The number of ketones is 1. The van der Waals surface area contributed by atoms with Crippen molar-refractivity contribution in [2.75, 3.05) is 6.61 Å². The van der Waals surface area contributed by atoms with Gasteiger partial charge < -0.3 is 4.74 Å². The molecule has 0 heterocycles. The van der Waals surface area contributed by atoms with Gasteiger partial charge >= 0.3 is 0 Å². The van der Waals surface area contributed by atoms with Gasteiger partial charge in [0, 0.05) is 5.92 Å². The van der Waals surface area contributed by atoms with Crippen LogP contribution in [0.3, 0.4) is 0 Å². The van der Waals surface area contributed by atoms with Gasteiger partial charge in [-0.1, -0.05) is 26.2 Å². The Labute approximate surface area is 93.4 Å². The van der Waals surface area contributed by atoms with E-state index in [2.05, 4.69) is 6.92 Å². The Morgan fingerprint density at radius 2 is 1.87 bits per heavy atom. The molecule has 0 spiro atoms. The normalized spacial score (nSPS) is 19.1. The molecule has 88 valence electrons. The summed E-state index contributed by atoms with van der Waals surface area (Å²) in [7, 11) is 0. The van der Waals surface area contributed by atoms with Crippen LogP contribution < -0.4 is 0 Å². The summed E-state index contributed by atoms with van der Waals surface area (Å²) in [5.74, 6) is 0.600. The average molecular weight is 212 g/mol. The van der Waals surface area contributed by atoms with Gasteiger partial charge in [-0.05, 0) is 33.1 Å². The molecule has 0 radical (unpaired) electrons. The summed E-state index contributed by atoms with van der Waals surface area (Å²) >= 11 is 0. The van der Waals surface area contributed by atoms with Gasteiger partial charge in [-0.2, -0.15) is 0 Å². The molecule has 1 fully saturated rings. The summed E-state index contributed by atoms with van der Waals surface area (Å²) in [6, 6.07) is 0. The van der Waals surface area contributed by atoms with E-state index in [1.165, 1.54) is 19.3 Å². The second-order valence-electron chi connectivity index (χ2n) is 5.20. The summed E-state index contributed by atoms with van der Waals surface area (Å²) in [6.45, 7) is 6.49. The van der Waals surface area contributed by atoms with Gasteiger partial charge in [0.15, 0.2) is 5.78 Å². The predicted octanol–water partition coefficient (Wildman–Crippen LogP) is 3.34. The van der Waals surface area contributed by atoms with Crippen molar-refractivity contribution in [1.82, 2.24) is 0 Å². The van der Waals surface area contributed by atoms with E-state index in [0.717, 1.165) is 19.3 Å². The third kappa shape index (κ3) is 4.33. The lowest BCUT2D eigenvalue weighted by Gasteiger charge is -2.25. The van der Waals surface area contributed by atoms with Crippen molar-refractivity contribution >= 4 is 5.78 Å². The first-order valence-corrected chi connectivity index (χ1v) is 6.22. The molecule has 0 aromatic heterocycles. The molecule has 0 saturated heterocycles. The van der Waals surface area contributed by atoms with Gasteiger partial charge in [-0.25, -0.2) is 0 Å².